The van der Waals surface area contributed by atoms with Gasteiger partial charge in [0.1, 0.15) is 11.4 Å². The van der Waals surface area contributed by atoms with E-state index in [1.807, 2.05) is 0 Å². The van der Waals surface area contributed by atoms with Crippen LogP contribution in [0, 0.1) is 0 Å². The third kappa shape index (κ3) is 3.77. The molecular weight excluding hydrogens is 407 g/mol. The van der Waals surface area contributed by atoms with Gasteiger partial charge in [-0.2, -0.15) is 18.3 Å². The van der Waals surface area contributed by atoms with E-state index in [2.05, 4.69) is 20.7 Å². The summed E-state index contributed by atoms with van der Waals surface area (Å²) >= 11 is 5.95. The fourth-order valence-corrected chi connectivity index (χ4v) is 3.47. The summed E-state index contributed by atoms with van der Waals surface area (Å²) in [5.41, 5.74) is 0.928. The second kappa shape index (κ2) is 7.40. The molecule has 0 bridgehead atoms. The molecule has 0 saturated carbocycles. The maximum Gasteiger partial charge on any atom is 0.410 e. The molecule has 2 atom stereocenters. The summed E-state index contributed by atoms with van der Waals surface area (Å²) in [6.45, 7) is 0. The smallest absolute Gasteiger partial charge is 0.363 e. The summed E-state index contributed by atoms with van der Waals surface area (Å²) in [4.78, 5) is 16.6. The van der Waals surface area contributed by atoms with E-state index < -0.39 is 24.2 Å². The number of nitrogens with one attached hydrogen (secondary N) is 2. The van der Waals surface area contributed by atoms with E-state index in [1.54, 1.807) is 42.5 Å². The zero-order chi connectivity index (χ0) is 20.6. The molecule has 0 radical (unpaired) electrons. The molecule has 2 N–H and O–H groups in total. The molecule has 1 aliphatic heterocycles. The van der Waals surface area contributed by atoms with Crippen molar-refractivity contribution in [1.82, 2.24) is 14.8 Å². The van der Waals surface area contributed by atoms with Crippen molar-refractivity contribution in [3.05, 3.63) is 71.1 Å². The number of rotatable bonds is 3. The van der Waals surface area contributed by atoms with Crippen LogP contribution >= 0.6 is 11.6 Å². The monoisotopic (exact) mass is 421 g/mol. The molecule has 10 heteroatoms. The van der Waals surface area contributed by atoms with Crippen LogP contribution in [0.2, 0.25) is 5.15 Å². The number of hydrogen-bond acceptors (Lipinski definition) is 4. The number of pyridine rings is 1. The average molecular weight is 422 g/mol. The van der Waals surface area contributed by atoms with Crippen molar-refractivity contribution in [3.8, 4) is 0 Å². The van der Waals surface area contributed by atoms with Crippen LogP contribution in [-0.2, 0) is 0 Å². The van der Waals surface area contributed by atoms with Crippen molar-refractivity contribution >= 4 is 29.0 Å². The summed E-state index contributed by atoms with van der Waals surface area (Å²) < 4.78 is 41.9. The SMILES string of the molecule is O=C(Nc1cccnc1Cl)c1cnn2c1N[C@H](c1ccccc1)C[C@H]2C(F)(F)F. The second-order valence-electron chi connectivity index (χ2n) is 6.55. The van der Waals surface area contributed by atoms with Crippen molar-refractivity contribution < 1.29 is 18.0 Å². The molecule has 2 aromatic heterocycles. The van der Waals surface area contributed by atoms with Crippen molar-refractivity contribution in [1.29, 1.82) is 0 Å². The number of carbonyl (C=O) groups is 1. The minimum Gasteiger partial charge on any atom is -0.363 e. The normalized spacial score (nSPS) is 18.6. The van der Waals surface area contributed by atoms with E-state index in [0.29, 0.717) is 5.56 Å². The molecule has 0 fully saturated rings. The third-order valence-corrected chi connectivity index (χ3v) is 4.99. The fourth-order valence-electron chi connectivity index (χ4n) is 3.30. The summed E-state index contributed by atoms with van der Waals surface area (Å²) in [5, 5.41) is 9.52. The zero-order valence-corrected chi connectivity index (χ0v) is 15.6. The van der Waals surface area contributed by atoms with Gasteiger partial charge in [-0.3, -0.25) is 4.79 Å². The number of benzene rings is 1. The van der Waals surface area contributed by atoms with Crippen molar-refractivity contribution in [2.75, 3.05) is 10.6 Å². The third-order valence-electron chi connectivity index (χ3n) is 4.69. The number of aromatic nitrogens is 3. The van der Waals surface area contributed by atoms with Gasteiger partial charge in [0.25, 0.3) is 5.91 Å². The van der Waals surface area contributed by atoms with Crippen LogP contribution in [0.25, 0.3) is 0 Å². The lowest BCUT2D eigenvalue weighted by atomic mass is 9.96. The maximum atomic E-state index is 13.7. The Labute approximate surface area is 168 Å². The van der Waals surface area contributed by atoms with E-state index in [9.17, 15) is 18.0 Å². The van der Waals surface area contributed by atoms with Crippen LogP contribution in [0.4, 0.5) is 24.7 Å². The second-order valence-corrected chi connectivity index (χ2v) is 6.91. The molecule has 6 nitrogen and oxygen atoms in total. The molecule has 0 aliphatic carbocycles. The minimum atomic E-state index is -4.52. The lowest BCUT2D eigenvalue weighted by molar-refractivity contribution is -0.173. The van der Waals surface area contributed by atoms with Crippen LogP contribution in [0.5, 0.6) is 0 Å². The quantitative estimate of drug-likeness (QED) is 0.593. The molecule has 3 heterocycles. The maximum absolute atomic E-state index is 13.7. The summed E-state index contributed by atoms with van der Waals surface area (Å²) in [6, 6.07) is 9.42. The highest BCUT2D eigenvalue weighted by atomic mass is 35.5. The van der Waals surface area contributed by atoms with Gasteiger partial charge in [-0.1, -0.05) is 41.9 Å². The number of carbonyl (C=O) groups excluding carboxylic acids is 1. The Bertz CT molecular complexity index is 1040. The van der Waals surface area contributed by atoms with E-state index in [0.717, 1.165) is 10.9 Å². The molecule has 29 heavy (non-hydrogen) atoms. The molecule has 1 aromatic carbocycles. The van der Waals surface area contributed by atoms with Crippen LogP contribution < -0.4 is 10.6 Å². The number of halogens is 4. The standard InChI is InChI=1S/C19H15ClF3N5O/c20-16-13(7-4-8-24-16)27-18(29)12-10-25-28-15(19(21,22)23)9-14(26-17(12)28)11-5-2-1-3-6-11/h1-8,10,14-15,26H,9H2,(H,27,29)/t14-,15-/m0/s1. The largest absolute Gasteiger partial charge is 0.410 e. The first-order valence-corrected chi connectivity index (χ1v) is 9.10. The van der Waals surface area contributed by atoms with Crippen molar-refractivity contribution in [2.24, 2.45) is 0 Å². The molecule has 0 saturated heterocycles. The predicted octanol–water partition coefficient (Wildman–Crippen LogP) is 4.84. The number of anilines is 2. The van der Waals surface area contributed by atoms with E-state index in [4.69, 9.17) is 11.6 Å². The van der Waals surface area contributed by atoms with Gasteiger partial charge in [0.05, 0.1) is 17.9 Å². The summed E-state index contributed by atoms with van der Waals surface area (Å²) in [6.07, 6.45) is -2.18. The van der Waals surface area contributed by atoms with E-state index in [1.165, 1.54) is 6.20 Å². The van der Waals surface area contributed by atoms with Gasteiger partial charge in [0, 0.05) is 12.6 Å². The first kappa shape index (κ1) is 19.3. The summed E-state index contributed by atoms with van der Waals surface area (Å²) in [5.74, 6) is -0.631. The zero-order valence-electron chi connectivity index (χ0n) is 14.8. The van der Waals surface area contributed by atoms with E-state index >= 15 is 0 Å². The molecular formula is C19H15ClF3N5O. The Morgan fingerprint density at radius 3 is 2.66 bits per heavy atom. The van der Waals surface area contributed by atoms with Gasteiger partial charge < -0.3 is 10.6 Å². The number of fused-ring (bicyclic) bond motifs is 1. The molecule has 1 aliphatic rings. The van der Waals surface area contributed by atoms with Gasteiger partial charge in [-0.05, 0) is 17.7 Å². The molecule has 1 amide bonds. The van der Waals surface area contributed by atoms with Crippen LogP contribution in [0.1, 0.15) is 34.4 Å². The highest BCUT2D eigenvalue weighted by Crippen LogP contribution is 2.44. The summed E-state index contributed by atoms with van der Waals surface area (Å²) in [7, 11) is 0. The average Bonchev–Trinajstić information content (AvgIpc) is 3.13. The highest BCUT2D eigenvalue weighted by molar-refractivity contribution is 6.32. The number of amides is 1. The molecule has 3 aromatic rings. The van der Waals surface area contributed by atoms with Gasteiger partial charge >= 0.3 is 6.18 Å². The lowest BCUT2D eigenvalue weighted by Gasteiger charge is -2.34. The minimum absolute atomic E-state index is 0.00457. The fraction of sp³-hybridized carbons (Fsp3) is 0.211. The van der Waals surface area contributed by atoms with Crippen LogP contribution in [0.3, 0.4) is 0 Å². The Morgan fingerprint density at radius 2 is 1.97 bits per heavy atom. The lowest BCUT2D eigenvalue weighted by Crippen LogP contribution is -2.36. The van der Waals surface area contributed by atoms with Crippen molar-refractivity contribution in [2.45, 2.75) is 24.7 Å². The van der Waals surface area contributed by atoms with Gasteiger partial charge in [0.15, 0.2) is 11.2 Å². The Hall–Kier alpha value is -3.07. The Balaban J connectivity index is 1.70. The topological polar surface area (TPSA) is 71.8 Å². The van der Waals surface area contributed by atoms with Gasteiger partial charge in [0.2, 0.25) is 0 Å². The van der Waals surface area contributed by atoms with Gasteiger partial charge in [-0.15, -0.1) is 0 Å². The highest BCUT2D eigenvalue weighted by Gasteiger charge is 2.47. The Kier molecular flexibility index (Phi) is 4.91. The molecule has 0 unspecified atom stereocenters. The van der Waals surface area contributed by atoms with Crippen LogP contribution in [0.15, 0.2) is 54.9 Å². The number of alkyl halides is 3. The van der Waals surface area contributed by atoms with E-state index in [-0.39, 0.29) is 28.6 Å². The predicted molar refractivity (Wildman–Crippen MR) is 102 cm³/mol. The molecule has 0 spiro atoms. The number of hydrogen-bond donors (Lipinski definition) is 2. The van der Waals surface area contributed by atoms with Crippen molar-refractivity contribution in [3.63, 3.8) is 0 Å². The van der Waals surface area contributed by atoms with Crippen LogP contribution in [-0.4, -0.2) is 26.8 Å². The Morgan fingerprint density at radius 1 is 1.21 bits per heavy atom. The first-order chi connectivity index (χ1) is 13.8. The van der Waals surface area contributed by atoms with Gasteiger partial charge in [-0.25, -0.2) is 9.67 Å². The first-order valence-electron chi connectivity index (χ1n) is 8.72. The molecule has 150 valence electrons. The molecule has 4 rings (SSSR count). The number of nitrogens with zero attached hydrogens (tertiary/aromatic N) is 3.